The molecule has 1 saturated carbocycles. The van der Waals surface area contributed by atoms with Gasteiger partial charge in [0.1, 0.15) is 0 Å². The van der Waals surface area contributed by atoms with Crippen molar-refractivity contribution in [1.82, 2.24) is 34.2 Å². The van der Waals surface area contributed by atoms with E-state index in [1.165, 1.54) is 7.05 Å². The van der Waals surface area contributed by atoms with E-state index >= 15 is 0 Å². The fraction of sp³-hybridized carbons (Fsp3) is 0.395. The molecular formula is C38H48N10O3S. The fourth-order valence-corrected chi connectivity index (χ4v) is 7.76. The van der Waals surface area contributed by atoms with Gasteiger partial charge in [0.15, 0.2) is 5.65 Å². The van der Waals surface area contributed by atoms with E-state index in [1.54, 1.807) is 16.8 Å². The minimum Gasteiger partial charge on any atom is -0.351 e. The van der Waals surface area contributed by atoms with E-state index in [9.17, 15) is 13.2 Å². The molecule has 1 aliphatic carbocycles. The van der Waals surface area contributed by atoms with Crippen molar-refractivity contribution in [3.8, 4) is 11.3 Å². The van der Waals surface area contributed by atoms with Gasteiger partial charge in [-0.3, -0.25) is 9.78 Å². The zero-order valence-corrected chi connectivity index (χ0v) is 31.2. The van der Waals surface area contributed by atoms with Gasteiger partial charge in [0, 0.05) is 53.6 Å². The van der Waals surface area contributed by atoms with Crippen LogP contribution in [-0.2, 0) is 21.4 Å². The van der Waals surface area contributed by atoms with Gasteiger partial charge in [0.05, 0.1) is 17.6 Å². The van der Waals surface area contributed by atoms with E-state index in [2.05, 4.69) is 51.8 Å². The van der Waals surface area contributed by atoms with Crippen molar-refractivity contribution in [3.05, 3.63) is 84.2 Å². The summed E-state index contributed by atoms with van der Waals surface area (Å²) in [6, 6.07) is 16.1. The van der Waals surface area contributed by atoms with Crippen molar-refractivity contribution in [2.75, 3.05) is 49.4 Å². The van der Waals surface area contributed by atoms with Crippen LogP contribution in [0.4, 0.5) is 17.6 Å². The Morgan fingerprint density at radius 2 is 1.85 bits per heavy atom. The predicted octanol–water partition coefficient (Wildman–Crippen LogP) is 5.65. The average molecular weight is 725 g/mol. The largest absolute Gasteiger partial charge is 0.351 e. The standard InChI is InChI=1S/C38H48N10O3S/c1-25(2)33-23-42-48-36(33)45-37(44-29-14-12-26(13-15-29)24-52(50,51)39-3)46-38(48)41-22-28-9-6-7-10-31(28)35-32-17-16-30(21-27(32)18-19-40-35)43-34(49)11-8-20-47(4)5/h6-11,16-19,21,23,25-26,29,39H,12-15,20,22,24H2,1-5H3,(H,43,49)(H2,41,44,45,46)/b11-8+. The lowest BCUT2D eigenvalue weighted by atomic mass is 9.87. The first kappa shape index (κ1) is 36.9. The number of hydrogen-bond donors (Lipinski definition) is 4. The molecule has 6 rings (SSSR count). The molecule has 0 spiro atoms. The summed E-state index contributed by atoms with van der Waals surface area (Å²) in [6.07, 6.45) is 10.3. The molecule has 14 heteroatoms. The van der Waals surface area contributed by atoms with Crippen LogP contribution in [0.3, 0.4) is 0 Å². The SMILES string of the molecule is CNS(=O)(=O)CC1CCC(Nc2nc(NCc3ccccc3-c3nccc4cc(NC(=O)/C=C/CN(C)C)ccc34)n3ncc(C(C)C)c3n2)CC1. The van der Waals surface area contributed by atoms with Crippen LogP contribution in [0.5, 0.6) is 0 Å². The topological polar surface area (TPSA) is 159 Å². The molecule has 5 aromatic rings. The summed E-state index contributed by atoms with van der Waals surface area (Å²) in [5, 5.41) is 16.6. The number of aromatic nitrogens is 5. The quantitative estimate of drug-likeness (QED) is 0.106. The highest BCUT2D eigenvalue weighted by atomic mass is 32.2. The first-order valence-electron chi connectivity index (χ1n) is 17.8. The summed E-state index contributed by atoms with van der Waals surface area (Å²) < 4.78 is 28.4. The second-order valence-corrected chi connectivity index (χ2v) is 15.9. The highest BCUT2D eigenvalue weighted by molar-refractivity contribution is 7.89. The number of carbonyl (C=O) groups excluding carboxylic acids is 1. The molecule has 3 aromatic heterocycles. The molecular weight excluding hydrogens is 677 g/mol. The lowest BCUT2D eigenvalue weighted by Gasteiger charge is -2.29. The van der Waals surface area contributed by atoms with Gasteiger partial charge in [0.25, 0.3) is 0 Å². The van der Waals surface area contributed by atoms with E-state index in [0.717, 1.165) is 64.5 Å². The zero-order chi connectivity index (χ0) is 36.8. The maximum absolute atomic E-state index is 12.5. The van der Waals surface area contributed by atoms with Crippen molar-refractivity contribution >= 4 is 49.9 Å². The fourth-order valence-electron chi connectivity index (χ4n) is 6.63. The van der Waals surface area contributed by atoms with Crippen LogP contribution in [0.15, 0.2) is 73.1 Å². The monoisotopic (exact) mass is 724 g/mol. The summed E-state index contributed by atoms with van der Waals surface area (Å²) >= 11 is 0. The Labute approximate surface area is 305 Å². The number of anilines is 3. The van der Waals surface area contributed by atoms with Crippen LogP contribution >= 0.6 is 0 Å². The number of fused-ring (bicyclic) bond motifs is 2. The van der Waals surface area contributed by atoms with Crippen LogP contribution in [0.2, 0.25) is 0 Å². The van der Waals surface area contributed by atoms with E-state index in [-0.39, 0.29) is 29.5 Å². The summed E-state index contributed by atoms with van der Waals surface area (Å²) in [7, 11) is 2.14. The van der Waals surface area contributed by atoms with Crippen LogP contribution in [-0.4, -0.2) is 83.3 Å². The zero-order valence-electron chi connectivity index (χ0n) is 30.4. The van der Waals surface area contributed by atoms with Gasteiger partial charge >= 0.3 is 0 Å². The summed E-state index contributed by atoms with van der Waals surface area (Å²) in [5.74, 6) is 1.41. The number of nitrogens with zero attached hydrogens (tertiary/aromatic N) is 6. The van der Waals surface area contributed by atoms with E-state index < -0.39 is 10.0 Å². The van der Waals surface area contributed by atoms with E-state index in [0.29, 0.717) is 30.7 Å². The molecule has 1 fully saturated rings. The predicted molar refractivity (Wildman–Crippen MR) is 208 cm³/mol. The van der Waals surface area contributed by atoms with Crippen molar-refractivity contribution in [1.29, 1.82) is 0 Å². The average Bonchev–Trinajstić information content (AvgIpc) is 3.56. The lowest BCUT2D eigenvalue weighted by molar-refractivity contribution is -0.111. The van der Waals surface area contributed by atoms with Gasteiger partial charge in [-0.25, -0.2) is 13.1 Å². The third-order valence-electron chi connectivity index (χ3n) is 9.44. The Bertz CT molecular complexity index is 2170. The molecule has 0 unspecified atom stereocenters. The highest BCUT2D eigenvalue weighted by Gasteiger charge is 2.26. The number of pyridine rings is 1. The van der Waals surface area contributed by atoms with Crippen LogP contribution in [0, 0.1) is 5.92 Å². The smallest absolute Gasteiger partial charge is 0.248 e. The first-order chi connectivity index (χ1) is 25.0. The summed E-state index contributed by atoms with van der Waals surface area (Å²) in [6.45, 7) is 5.38. The molecule has 4 N–H and O–H groups in total. The number of nitrogens with one attached hydrogen (secondary N) is 4. The molecule has 3 heterocycles. The van der Waals surface area contributed by atoms with Gasteiger partial charge < -0.3 is 20.9 Å². The van der Waals surface area contributed by atoms with Gasteiger partial charge in [-0.15, -0.1) is 0 Å². The van der Waals surface area contributed by atoms with Crippen LogP contribution < -0.4 is 20.7 Å². The Kier molecular flexibility index (Phi) is 11.5. The second kappa shape index (κ2) is 16.2. The molecule has 13 nitrogen and oxygen atoms in total. The molecule has 0 radical (unpaired) electrons. The molecule has 274 valence electrons. The minimum atomic E-state index is -3.24. The van der Waals surface area contributed by atoms with Gasteiger partial charge in [-0.1, -0.05) is 50.3 Å². The summed E-state index contributed by atoms with van der Waals surface area (Å²) in [4.78, 5) is 29.1. The maximum Gasteiger partial charge on any atom is 0.248 e. The number of sulfonamides is 1. The molecule has 0 atom stereocenters. The minimum absolute atomic E-state index is 0.137. The van der Waals surface area contributed by atoms with Crippen molar-refractivity contribution in [2.45, 2.75) is 58.0 Å². The molecule has 0 bridgehead atoms. The van der Waals surface area contributed by atoms with Gasteiger partial charge in [0.2, 0.25) is 27.8 Å². The Morgan fingerprint density at radius 3 is 2.60 bits per heavy atom. The molecule has 52 heavy (non-hydrogen) atoms. The first-order valence-corrected chi connectivity index (χ1v) is 19.4. The summed E-state index contributed by atoms with van der Waals surface area (Å²) in [5.41, 5.74) is 5.32. The van der Waals surface area contributed by atoms with Crippen molar-refractivity contribution in [3.63, 3.8) is 0 Å². The maximum atomic E-state index is 12.5. The van der Waals surface area contributed by atoms with E-state index in [1.807, 2.05) is 67.7 Å². The molecule has 0 aliphatic heterocycles. The normalized spacial score (nSPS) is 16.7. The van der Waals surface area contributed by atoms with Gasteiger partial charge in [-0.05, 0) is 87.8 Å². The number of benzene rings is 2. The molecule has 2 aromatic carbocycles. The third kappa shape index (κ3) is 8.92. The van der Waals surface area contributed by atoms with Crippen molar-refractivity contribution in [2.24, 2.45) is 5.92 Å². The lowest BCUT2D eigenvalue weighted by Crippen LogP contribution is -2.32. The Balaban J connectivity index is 1.22. The van der Waals surface area contributed by atoms with Crippen LogP contribution in [0.25, 0.3) is 27.7 Å². The third-order valence-corrected chi connectivity index (χ3v) is 11.0. The Hall–Kier alpha value is -4.92. The number of hydrogen-bond acceptors (Lipinski definition) is 10. The number of likely N-dealkylation sites (N-methyl/N-ethyl adjacent to an activating group) is 1. The molecule has 0 saturated heterocycles. The number of rotatable bonds is 14. The number of carbonyl (C=O) groups is 1. The number of amides is 1. The van der Waals surface area contributed by atoms with Crippen molar-refractivity contribution < 1.29 is 13.2 Å². The Morgan fingerprint density at radius 1 is 1.06 bits per heavy atom. The molecule has 1 aliphatic rings. The van der Waals surface area contributed by atoms with E-state index in [4.69, 9.17) is 15.0 Å². The second-order valence-electron chi connectivity index (χ2n) is 14.0. The van der Waals surface area contributed by atoms with Gasteiger partial charge in [-0.2, -0.15) is 19.6 Å². The van der Waals surface area contributed by atoms with Crippen LogP contribution in [0.1, 0.15) is 56.6 Å². The molecule has 1 amide bonds. The highest BCUT2D eigenvalue weighted by Crippen LogP contribution is 2.32.